The number of hydrogen-bond donors (Lipinski definition) is 2. The SMILES string of the molecule is CN1C(=O)CCC(NCC(O)c2cccs2)C1=O. The smallest absolute Gasteiger partial charge is 0.246 e. The Kier molecular flexibility index (Phi) is 4.11. The van der Waals surface area contributed by atoms with E-state index in [1.807, 2.05) is 17.5 Å². The van der Waals surface area contributed by atoms with Gasteiger partial charge in [0.2, 0.25) is 11.8 Å². The first-order valence-corrected chi connectivity index (χ1v) is 6.73. The Morgan fingerprint density at radius 3 is 3.06 bits per heavy atom. The first-order chi connectivity index (χ1) is 8.59. The number of amides is 2. The van der Waals surface area contributed by atoms with E-state index < -0.39 is 6.10 Å². The number of nitrogens with one attached hydrogen (secondary N) is 1. The molecular formula is C12H16N2O3S. The van der Waals surface area contributed by atoms with Crippen LogP contribution < -0.4 is 5.32 Å². The number of thiophene rings is 1. The van der Waals surface area contributed by atoms with E-state index in [4.69, 9.17) is 0 Å². The Morgan fingerprint density at radius 2 is 2.39 bits per heavy atom. The maximum atomic E-state index is 11.8. The summed E-state index contributed by atoms with van der Waals surface area (Å²) in [6.45, 7) is 0.318. The number of piperidine rings is 1. The summed E-state index contributed by atoms with van der Waals surface area (Å²) in [5.74, 6) is -0.360. The van der Waals surface area contributed by atoms with Crippen LogP contribution in [0.5, 0.6) is 0 Å². The number of rotatable bonds is 4. The van der Waals surface area contributed by atoms with Crippen LogP contribution in [0.3, 0.4) is 0 Å². The summed E-state index contributed by atoms with van der Waals surface area (Å²) >= 11 is 1.48. The lowest BCUT2D eigenvalue weighted by atomic mass is 10.0. The van der Waals surface area contributed by atoms with Crippen LogP contribution in [0.2, 0.25) is 0 Å². The first-order valence-electron chi connectivity index (χ1n) is 5.85. The van der Waals surface area contributed by atoms with Gasteiger partial charge in [0.25, 0.3) is 0 Å². The highest BCUT2D eigenvalue weighted by molar-refractivity contribution is 7.10. The van der Waals surface area contributed by atoms with Crippen molar-refractivity contribution in [2.45, 2.75) is 25.0 Å². The summed E-state index contributed by atoms with van der Waals surface area (Å²) in [4.78, 5) is 25.1. The average molecular weight is 268 g/mol. The molecule has 6 heteroatoms. The van der Waals surface area contributed by atoms with Gasteiger partial charge in [-0.2, -0.15) is 0 Å². The van der Waals surface area contributed by atoms with Crippen molar-refractivity contribution in [3.05, 3.63) is 22.4 Å². The third-order valence-electron chi connectivity index (χ3n) is 3.08. The zero-order valence-corrected chi connectivity index (χ0v) is 10.9. The van der Waals surface area contributed by atoms with Gasteiger partial charge in [-0.05, 0) is 17.9 Å². The quantitative estimate of drug-likeness (QED) is 0.781. The van der Waals surface area contributed by atoms with Crippen molar-refractivity contribution in [3.63, 3.8) is 0 Å². The van der Waals surface area contributed by atoms with Gasteiger partial charge in [0.1, 0.15) is 6.10 Å². The molecule has 1 aromatic heterocycles. The van der Waals surface area contributed by atoms with Crippen molar-refractivity contribution >= 4 is 23.2 Å². The van der Waals surface area contributed by atoms with E-state index in [0.29, 0.717) is 19.4 Å². The van der Waals surface area contributed by atoms with E-state index >= 15 is 0 Å². The predicted octanol–water partition coefficient (Wildman–Crippen LogP) is 0.518. The van der Waals surface area contributed by atoms with Gasteiger partial charge in [0.05, 0.1) is 6.04 Å². The molecular weight excluding hydrogens is 252 g/mol. The molecule has 0 aliphatic carbocycles. The van der Waals surface area contributed by atoms with Crippen molar-refractivity contribution in [3.8, 4) is 0 Å². The van der Waals surface area contributed by atoms with E-state index in [1.54, 1.807) is 0 Å². The van der Waals surface area contributed by atoms with E-state index in [0.717, 1.165) is 9.78 Å². The number of aliphatic hydroxyl groups is 1. The molecule has 0 radical (unpaired) electrons. The fraction of sp³-hybridized carbons (Fsp3) is 0.500. The largest absolute Gasteiger partial charge is 0.386 e. The van der Waals surface area contributed by atoms with E-state index in [1.165, 1.54) is 18.4 Å². The fourth-order valence-electron chi connectivity index (χ4n) is 1.94. The summed E-state index contributed by atoms with van der Waals surface area (Å²) < 4.78 is 0. The third-order valence-corrected chi connectivity index (χ3v) is 4.05. The molecule has 0 saturated carbocycles. The van der Waals surface area contributed by atoms with Crippen LogP contribution >= 0.6 is 11.3 Å². The van der Waals surface area contributed by atoms with Crippen LogP contribution in [-0.4, -0.2) is 41.5 Å². The predicted molar refractivity (Wildman–Crippen MR) is 68.1 cm³/mol. The molecule has 1 aliphatic heterocycles. The molecule has 2 atom stereocenters. The Morgan fingerprint density at radius 1 is 1.61 bits per heavy atom. The molecule has 2 unspecified atom stereocenters. The molecule has 5 nitrogen and oxygen atoms in total. The fourth-order valence-corrected chi connectivity index (χ4v) is 2.65. The second-order valence-electron chi connectivity index (χ2n) is 4.32. The molecule has 2 N–H and O–H groups in total. The summed E-state index contributed by atoms with van der Waals surface area (Å²) in [5, 5.41) is 14.8. The molecule has 0 bridgehead atoms. The Balaban J connectivity index is 1.87. The van der Waals surface area contributed by atoms with Crippen molar-refractivity contribution in [2.75, 3.05) is 13.6 Å². The van der Waals surface area contributed by atoms with Gasteiger partial charge in [0, 0.05) is 24.9 Å². The van der Waals surface area contributed by atoms with Crippen molar-refractivity contribution in [2.24, 2.45) is 0 Å². The number of hydrogen-bond acceptors (Lipinski definition) is 5. The van der Waals surface area contributed by atoms with E-state index in [9.17, 15) is 14.7 Å². The minimum Gasteiger partial charge on any atom is -0.386 e. The lowest BCUT2D eigenvalue weighted by Gasteiger charge is -2.28. The molecule has 0 aromatic carbocycles. The Labute approximate surface area is 109 Å². The maximum Gasteiger partial charge on any atom is 0.246 e. The van der Waals surface area contributed by atoms with Crippen LogP contribution in [0.1, 0.15) is 23.8 Å². The van der Waals surface area contributed by atoms with Crippen molar-refractivity contribution in [1.29, 1.82) is 0 Å². The van der Waals surface area contributed by atoms with Crippen LogP contribution in [0, 0.1) is 0 Å². The number of aliphatic hydroxyl groups excluding tert-OH is 1. The summed E-state index contributed by atoms with van der Waals surface area (Å²) in [5.41, 5.74) is 0. The molecule has 1 fully saturated rings. The molecule has 98 valence electrons. The minimum absolute atomic E-state index is 0.142. The van der Waals surface area contributed by atoms with Gasteiger partial charge in [-0.15, -0.1) is 11.3 Å². The highest BCUT2D eigenvalue weighted by Gasteiger charge is 2.31. The van der Waals surface area contributed by atoms with Crippen LogP contribution in [-0.2, 0) is 9.59 Å². The van der Waals surface area contributed by atoms with E-state index in [2.05, 4.69) is 5.32 Å². The molecule has 1 aromatic rings. The highest BCUT2D eigenvalue weighted by Crippen LogP contribution is 2.19. The topological polar surface area (TPSA) is 69.6 Å². The highest BCUT2D eigenvalue weighted by atomic mass is 32.1. The second kappa shape index (κ2) is 5.60. The summed E-state index contributed by atoms with van der Waals surface area (Å²) in [6.07, 6.45) is 0.259. The standard InChI is InChI=1S/C12H16N2O3S/c1-14-11(16)5-4-8(12(14)17)13-7-9(15)10-3-2-6-18-10/h2-3,6,8-9,13,15H,4-5,7H2,1H3. The molecule has 1 aliphatic rings. The van der Waals surface area contributed by atoms with Crippen LogP contribution in [0.15, 0.2) is 17.5 Å². The third kappa shape index (κ3) is 2.77. The number of likely N-dealkylation sites (tertiary alicyclic amines) is 1. The molecule has 2 heterocycles. The number of carbonyl (C=O) groups excluding carboxylic acids is 2. The summed E-state index contributed by atoms with van der Waals surface area (Å²) in [6, 6.07) is 3.36. The van der Waals surface area contributed by atoms with Gasteiger partial charge in [-0.3, -0.25) is 14.5 Å². The molecule has 18 heavy (non-hydrogen) atoms. The first kappa shape index (κ1) is 13.2. The maximum absolute atomic E-state index is 11.8. The Hall–Kier alpha value is -1.24. The second-order valence-corrected chi connectivity index (χ2v) is 5.30. The van der Waals surface area contributed by atoms with Gasteiger partial charge in [0.15, 0.2) is 0 Å². The number of likely N-dealkylation sites (N-methyl/N-ethyl adjacent to an activating group) is 1. The van der Waals surface area contributed by atoms with Crippen LogP contribution in [0.4, 0.5) is 0 Å². The number of carbonyl (C=O) groups is 2. The van der Waals surface area contributed by atoms with Gasteiger partial charge < -0.3 is 10.4 Å². The number of imide groups is 1. The van der Waals surface area contributed by atoms with Crippen molar-refractivity contribution in [1.82, 2.24) is 10.2 Å². The normalized spacial score (nSPS) is 22.3. The van der Waals surface area contributed by atoms with Crippen molar-refractivity contribution < 1.29 is 14.7 Å². The Bertz CT molecular complexity index is 433. The number of nitrogens with zero attached hydrogens (tertiary/aromatic N) is 1. The molecule has 2 rings (SSSR count). The van der Waals surface area contributed by atoms with Gasteiger partial charge >= 0.3 is 0 Å². The monoisotopic (exact) mass is 268 g/mol. The van der Waals surface area contributed by atoms with E-state index in [-0.39, 0.29) is 17.9 Å². The average Bonchev–Trinajstić information content (AvgIpc) is 2.89. The van der Waals surface area contributed by atoms with Crippen LogP contribution in [0.25, 0.3) is 0 Å². The van der Waals surface area contributed by atoms with Gasteiger partial charge in [-0.1, -0.05) is 6.07 Å². The molecule has 1 saturated heterocycles. The zero-order chi connectivity index (χ0) is 13.1. The minimum atomic E-state index is -0.610. The summed E-state index contributed by atoms with van der Waals surface area (Å²) in [7, 11) is 1.49. The molecule has 0 spiro atoms. The lowest BCUT2D eigenvalue weighted by Crippen LogP contribution is -2.52. The zero-order valence-electron chi connectivity index (χ0n) is 10.1. The molecule has 2 amide bonds. The lowest BCUT2D eigenvalue weighted by molar-refractivity contribution is -0.148. The van der Waals surface area contributed by atoms with Gasteiger partial charge in [-0.25, -0.2) is 0 Å².